The van der Waals surface area contributed by atoms with Crippen molar-refractivity contribution in [2.24, 2.45) is 65.1 Å². The summed E-state index contributed by atoms with van der Waals surface area (Å²) in [6.07, 6.45) is 10.2. The number of hydrogen-bond acceptors (Lipinski definition) is 5. The smallest absolute Gasteiger partial charge is 0.317 e. The Balaban J connectivity index is 0.000000215. The molecule has 1 saturated heterocycles. The lowest BCUT2D eigenvalue weighted by Gasteiger charge is -2.60. The van der Waals surface area contributed by atoms with Gasteiger partial charge >= 0.3 is 17.9 Å². The first-order valence-electron chi connectivity index (χ1n) is 13.6. The Hall–Kier alpha value is -1.39. The largest absolute Gasteiger partial charge is 0.458 e. The van der Waals surface area contributed by atoms with Crippen molar-refractivity contribution in [3.05, 3.63) is 0 Å². The van der Waals surface area contributed by atoms with Crippen molar-refractivity contribution in [2.45, 2.75) is 91.6 Å². The predicted octanol–water partition coefficient (Wildman–Crippen LogP) is 5.40. The van der Waals surface area contributed by atoms with Crippen LogP contribution in [-0.4, -0.2) is 23.5 Å². The third-order valence-electron chi connectivity index (χ3n) is 11.3. The maximum absolute atomic E-state index is 13.2. The molecule has 0 spiro atoms. The number of carbonyl (C=O) groups is 3. The second-order valence-electron chi connectivity index (χ2n) is 12.6. The van der Waals surface area contributed by atoms with Crippen molar-refractivity contribution in [3.63, 3.8) is 0 Å². The fourth-order valence-corrected chi connectivity index (χ4v) is 8.97. The van der Waals surface area contributed by atoms with Crippen LogP contribution in [0.3, 0.4) is 0 Å². The van der Waals surface area contributed by atoms with Gasteiger partial charge in [-0.1, -0.05) is 34.6 Å². The molecule has 7 rings (SSSR count). The van der Waals surface area contributed by atoms with E-state index in [1.54, 1.807) is 13.8 Å². The van der Waals surface area contributed by atoms with Crippen molar-refractivity contribution in [1.82, 2.24) is 0 Å². The number of fused-ring (bicyclic) bond motifs is 2. The molecule has 184 valence electrons. The average Bonchev–Trinajstić information content (AvgIpc) is 3.41. The highest BCUT2D eigenvalue weighted by Crippen LogP contribution is 2.62. The van der Waals surface area contributed by atoms with Crippen LogP contribution in [0, 0.1) is 65.1 Å². The Morgan fingerprint density at radius 2 is 1.39 bits per heavy atom. The zero-order valence-electron chi connectivity index (χ0n) is 21.0. The lowest BCUT2D eigenvalue weighted by molar-refractivity contribution is -0.216. The topological polar surface area (TPSA) is 69.7 Å². The van der Waals surface area contributed by atoms with E-state index in [0.29, 0.717) is 23.7 Å². The van der Waals surface area contributed by atoms with Gasteiger partial charge in [0.05, 0.1) is 17.8 Å². The van der Waals surface area contributed by atoms with Gasteiger partial charge in [-0.15, -0.1) is 0 Å². The molecule has 6 aliphatic carbocycles. The monoisotopic (exact) mass is 458 g/mol. The maximum atomic E-state index is 13.2. The first-order chi connectivity index (χ1) is 15.6. The van der Waals surface area contributed by atoms with Crippen LogP contribution in [-0.2, 0) is 23.9 Å². The molecule has 5 heteroatoms. The number of rotatable bonds is 3. The van der Waals surface area contributed by atoms with Gasteiger partial charge in [0.1, 0.15) is 5.60 Å². The summed E-state index contributed by atoms with van der Waals surface area (Å²) in [4.78, 5) is 34.3. The molecular formula is C28H42O5. The zero-order valence-corrected chi connectivity index (χ0v) is 21.0. The van der Waals surface area contributed by atoms with Gasteiger partial charge in [0.2, 0.25) is 0 Å². The summed E-state index contributed by atoms with van der Waals surface area (Å²) in [5.41, 5.74) is -0.0960. The highest BCUT2D eigenvalue weighted by Gasteiger charge is 2.60. The molecule has 6 bridgehead atoms. The van der Waals surface area contributed by atoms with Gasteiger partial charge in [0.25, 0.3) is 0 Å². The minimum absolute atomic E-state index is 0.0960. The summed E-state index contributed by atoms with van der Waals surface area (Å²) in [5, 5.41) is 0. The molecule has 1 aliphatic heterocycles. The van der Waals surface area contributed by atoms with Gasteiger partial charge in [-0.3, -0.25) is 14.4 Å². The van der Waals surface area contributed by atoms with E-state index in [0.717, 1.165) is 36.5 Å². The van der Waals surface area contributed by atoms with Gasteiger partial charge < -0.3 is 9.47 Å². The van der Waals surface area contributed by atoms with E-state index in [9.17, 15) is 14.4 Å². The van der Waals surface area contributed by atoms with Crippen LogP contribution < -0.4 is 0 Å². The molecule has 1 heterocycles. The minimum Gasteiger partial charge on any atom is -0.458 e. The zero-order chi connectivity index (χ0) is 23.7. The highest BCUT2D eigenvalue weighted by molar-refractivity contribution is 5.95. The minimum atomic E-state index is -0.396. The molecule has 6 saturated carbocycles. The molecule has 0 aromatic rings. The lowest BCUT2D eigenvalue weighted by Crippen LogP contribution is -2.60. The van der Waals surface area contributed by atoms with Gasteiger partial charge in [0, 0.05) is 0 Å². The number of cyclic esters (lactones) is 2. The first kappa shape index (κ1) is 23.4. The van der Waals surface area contributed by atoms with E-state index < -0.39 is 11.9 Å². The molecular weight excluding hydrogens is 416 g/mol. The predicted molar refractivity (Wildman–Crippen MR) is 124 cm³/mol. The summed E-state index contributed by atoms with van der Waals surface area (Å²) >= 11 is 0. The van der Waals surface area contributed by atoms with Crippen LogP contribution in [0.5, 0.6) is 0 Å². The van der Waals surface area contributed by atoms with Crippen LogP contribution in [0.1, 0.15) is 86.0 Å². The Bertz CT molecular complexity index is 769. The first-order valence-corrected chi connectivity index (χ1v) is 13.6. The second kappa shape index (κ2) is 8.37. The van der Waals surface area contributed by atoms with Crippen molar-refractivity contribution in [2.75, 3.05) is 0 Å². The van der Waals surface area contributed by atoms with Gasteiger partial charge in [-0.2, -0.15) is 0 Å². The molecule has 5 nitrogen and oxygen atoms in total. The van der Waals surface area contributed by atoms with Gasteiger partial charge in [0.15, 0.2) is 0 Å². The third kappa shape index (κ3) is 3.67. The molecule has 0 amide bonds. The van der Waals surface area contributed by atoms with Crippen molar-refractivity contribution >= 4 is 17.9 Å². The van der Waals surface area contributed by atoms with Crippen LogP contribution in [0.15, 0.2) is 0 Å². The number of carbonyl (C=O) groups excluding carboxylic acids is 3. The molecule has 33 heavy (non-hydrogen) atoms. The molecule has 7 unspecified atom stereocenters. The van der Waals surface area contributed by atoms with E-state index in [1.807, 2.05) is 0 Å². The molecule has 7 atom stereocenters. The summed E-state index contributed by atoms with van der Waals surface area (Å²) in [6.45, 7) is 10.4. The van der Waals surface area contributed by atoms with E-state index in [-0.39, 0.29) is 29.3 Å². The highest BCUT2D eigenvalue weighted by atomic mass is 16.6. The Morgan fingerprint density at radius 3 is 1.79 bits per heavy atom. The molecule has 7 aliphatic rings. The fourth-order valence-electron chi connectivity index (χ4n) is 8.97. The normalized spacial score (nSPS) is 51.4. The maximum Gasteiger partial charge on any atom is 0.317 e. The number of esters is 3. The van der Waals surface area contributed by atoms with Gasteiger partial charge in [-0.05, 0) is 98.7 Å². The van der Waals surface area contributed by atoms with E-state index >= 15 is 0 Å². The van der Waals surface area contributed by atoms with Crippen LogP contribution in [0.2, 0.25) is 0 Å². The van der Waals surface area contributed by atoms with E-state index in [1.165, 1.54) is 38.5 Å². The van der Waals surface area contributed by atoms with Crippen molar-refractivity contribution in [1.29, 1.82) is 0 Å². The molecule has 0 N–H and O–H groups in total. The average molecular weight is 459 g/mol. The SMILES string of the molecule is CC1C(=O)OC(=O)C1C.CCC1(OC(=O)C2CC3CC2C(C)C3C)C2CC3CC(C2)CC1C3. The quantitative estimate of drug-likeness (QED) is 0.418. The fraction of sp³-hybridized carbons (Fsp3) is 0.893. The van der Waals surface area contributed by atoms with Crippen molar-refractivity contribution in [3.8, 4) is 0 Å². The van der Waals surface area contributed by atoms with E-state index in [4.69, 9.17) is 4.74 Å². The van der Waals surface area contributed by atoms with Crippen LogP contribution >= 0.6 is 0 Å². The van der Waals surface area contributed by atoms with Gasteiger partial charge in [-0.25, -0.2) is 0 Å². The lowest BCUT2D eigenvalue weighted by atomic mass is 9.49. The van der Waals surface area contributed by atoms with E-state index in [2.05, 4.69) is 25.5 Å². The Kier molecular flexibility index (Phi) is 5.93. The summed E-state index contributed by atoms with van der Waals surface area (Å²) < 4.78 is 10.9. The Labute approximate surface area is 198 Å². The summed E-state index contributed by atoms with van der Waals surface area (Å²) in [6, 6.07) is 0. The van der Waals surface area contributed by atoms with Crippen molar-refractivity contribution < 1.29 is 23.9 Å². The molecule has 0 aromatic carbocycles. The summed E-state index contributed by atoms with van der Waals surface area (Å²) in [7, 11) is 0. The Morgan fingerprint density at radius 1 is 0.848 bits per heavy atom. The molecule has 0 radical (unpaired) electrons. The third-order valence-corrected chi connectivity index (χ3v) is 11.3. The summed E-state index contributed by atoms with van der Waals surface area (Å²) in [5.74, 6) is 5.20. The number of ether oxygens (including phenoxy) is 2. The molecule has 7 fully saturated rings. The number of hydrogen-bond donors (Lipinski definition) is 0. The van der Waals surface area contributed by atoms with Crippen LogP contribution in [0.4, 0.5) is 0 Å². The van der Waals surface area contributed by atoms with Crippen LogP contribution in [0.25, 0.3) is 0 Å². The second-order valence-corrected chi connectivity index (χ2v) is 12.6. The molecule has 0 aromatic heterocycles. The standard InChI is InChI=1S/C22H34O2.C6H8O3/c1-4-22(17-6-14-5-15(8-17)9-18(22)7-14)24-21(23)20-11-16-10-19(20)13(3)12(16)2;1-3-4(2)6(8)9-5(3)7/h12-20H,4-11H2,1-3H3;3-4H,1-2H3.